The van der Waals surface area contributed by atoms with Crippen molar-refractivity contribution in [2.24, 2.45) is 0 Å². The number of hydrogen-bond donors (Lipinski definition) is 0. The highest BCUT2D eigenvalue weighted by Gasteiger charge is 2.20. The zero-order chi connectivity index (χ0) is 40.3. The SMILES string of the molecule is c1cc(-c2cccc3oc4ccccc4c23)cc(N(c2ccc(-c3cccc(-n4c5ccccc5c5ccccc54)c3)cc2)c2ccccc2-c2cccc3ccccc23)c1. The van der Waals surface area contributed by atoms with E-state index >= 15 is 0 Å². The van der Waals surface area contributed by atoms with Gasteiger partial charge in [-0.2, -0.15) is 0 Å². The van der Waals surface area contributed by atoms with E-state index in [-0.39, 0.29) is 0 Å². The van der Waals surface area contributed by atoms with Crippen LogP contribution in [0.5, 0.6) is 0 Å². The van der Waals surface area contributed by atoms with Crippen LogP contribution in [0.25, 0.3) is 93.6 Å². The van der Waals surface area contributed by atoms with E-state index in [1.54, 1.807) is 0 Å². The molecule has 0 atom stereocenters. The summed E-state index contributed by atoms with van der Waals surface area (Å²) in [6.07, 6.45) is 0. The molecule has 0 aliphatic heterocycles. The van der Waals surface area contributed by atoms with Crippen LogP contribution in [0.1, 0.15) is 0 Å². The van der Waals surface area contributed by atoms with Crippen molar-refractivity contribution in [2.75, 3.05) is 4.90 Å². The lowest BCUT2D eigenvalue weighted by atomic mass is 9.95. The van der Waals surface area contributed by atoms with Gasteiger partial charge in [0.15, 0.2) is 0 Å². The topological polar surface area (TPSA) is 21.3 Å². The molecule has 12 rings (SSSR count). The van der Waals surface area contributed by atoms with Crippen LogP contribution in [0.15, 0.2) is 235 Å². The summed E-state index contributed by atoms with van der Waals surface area (Å²) in [5, 5.41) is 7.21. The van der Waals surface area contributed by atoms with Crippen molar-refractivity contribution in [1.82, 2.24) is 4.57 Å². The number of fused-ring (bicyclic) bond motifs is 7. The van der Waals surface area contributed by atoms with Gasteiger partial charge in [-0.15, -0.1) is 0 Å². The first-order valence-corrected chi connectivity index (χ1v) is 20.8. The molecule has 286 valence electrons. The van der Waals surface area contributed by atoms with Gasteiger partial charge < -0.3 is 13.9 Å². The fourth-order valence-corrected chi connectivity index (χ4v) is 9.44. The summed E-state index contributed by atoms with van der Waals surface area (Å²) in [7, 11) is 0. The molecule has 0 unspecified atom stereocenters. The van der Waals surface area contributed by atoms with Gasteiger partial charge in [-0.3, -0.25) is 0 Å². The molecule has 12 aromatic rings. The van der Waals surface area contributed by atoms with E-state index in [4.69, 9.17) is 4.42 Å². The zero-order valence-corrected chi connectivity index (χ0v) is 33.2. The Hall–Kier alpha value is -8.14. The predicted molar refractivity (Wildman–Crippen MR) is 257 cm³/mol. The summed E-state index contributed by atoms with van der Waals surface area (Å²) >= 11 is 0. The summed E-state index contributed by atoms with van der Waals surface area (Å²) in [6.45, 7) is 0. The van der Waals surface area contributed by atoms with Crippen LogP contribution < -0.4 is 4.90 Å². The lowest BCUT2D eigenvalue weighted by Gasteiger charge is -2.29. The Morgan fingerprint density at radius 2 is 0.934 bits per heavy atom. The van der Waals surface area contributed by atoms with Gasteiger partial charge in [0.2, 0.25) is 0 Å². The Labute approximate surface area is 353 Å². The summed E-state index contributed by atoms with van der Waals surface area (Å²) < 4.78 is 8.72. The van der Waals surface area contributed by atoms with Crippen molar-refractivity contribution in [3.05, 3.63) is 231 Å². The van der Waals surface area contributed by atoms with E-state index in [9.17, 15) is 0 Å². The maximum Gasteiger partial charge on any atom is 0.136 e. The van der Waals surface area contributed by atoms with E-state index in [0.717, 1.165) is 72.5 Å². The molecule has 2 aromatic heterocycles. The van der Waals surface area contributed by atoms with Crippen molar-refractivity contribution in [3.63, 3.8) is 0 Å². The third-order valence-electron chi connectivity index (χ3n) is 12.2. The molecule has 0 saturated carbocycles. The molecule has 3 heteroatoms. The fourth-order valence-electron chi connectivity index (χ4n) is 9.44. The van der Waals surface area contributed by atoms with Crippen molar-refractivity contribution < 1.29 is 4.42 Å². The summed E-state index contributed by atoms with van der Waals surface area (Å²) in [5.41, 5.74) is 15.5. The molecule has 2 heterocycles. The summed E-state index contributed by atoms with van der Waals surface area (Å²) in [5.74, 6) is 0. The van der Waals surface area contributed by atoms with Crippen LogP contribution in [0.3, 0.4) is 0 Å². The predicted octanol–water partition coefficient (Wildman–Crippen LogP) is 16.3. The molecule has 61 heavy (non-hydrogen) atoms. The van der Waals surface area contributed by atoms with Crippen LogP contribution in [-0.2, 0) is 0 Å². The van der Waals surface area contributed by atoms with E-state index in [1.165, 1.54) is 38.1 Å². The van der Waals surface area contributed by atoms with Gasteiger partial charge in [0.25, 0.3) is 0 Å². The maximum absolute atomic E-state index is 6.33. The lowest BCUT2D eigenvalue weighted by Crippen LogP contribution is -2.11. The van der Waals surface area contributed by atoms with Crippen molar-refractivity contribution in [2.45, 2.75) is 0 Å². The van der Waals surface area contributed by atoms with Gasteiger partial charge in [0, 0.05) is 44.2 Å². The third-order valence-corrected chi connectivity index (χ3v) is 12.2. The van der Waals surface area contributed by atoms with Gasteiger partial charge >= 0.3 is 0 Å². The summed E-state index contributed by atoms with van der Waals surface area (Å²) in [6, 6.07) is 83.0. The molecule has 0 fully saturated rings. The highest BCUT2D eigenvalue weighted by atomic mass is 16.3. The molecule has 0 aliphatic rings. The lowest BCUT2D eigenvalue weighted by molar-refractivity contribution is 0.669. The van der Waals surface area contributed by atoms with E-state index in [2.05, 4.69) is 228 Å². The molecule has 0 bridgehead atoms. The Morgan fingerprint density at radius 1 is 0.344 bits per heavy atom. The van der Waals surface area contributed by atoms with Crippen LogP contribution in [0.2, 0.25) is 0 Å². The van der Waals surface area contributed by atoms with E-state index < -0.39 is 0 Å². The zero-order valence-electron chi connectivity index (χ0n) is 33.2. The minimum Gasteiger partial charge on any atom is -0.456 e. The molecular weight excluding hydrogens is 741 g/mol. The fraction of sp³-hybridized carbons (Fsp3) is 0. The number of benzene rings is 10. The van der Waals surface area contributed by atoms with Crippen LogP contribution >= 0.6 is 0 Å². The number of rotatable bonds is 7. The van der Waals surface area contributed by atoms with Crippen molar-refractivity contribution in [3.8, 4) is 39.1 Å². The number of nitrogens with zero attached hydrogens (tertiary/aromatic N) is 2. The molecule has 0 aliphatic carbocycles. The van der Waals surface area contributed by atoms with E-state index in [1.807, 2.05) is 12.1 Å². The second-order valence-electron chi connectivity index (χ2n) is 15.7. The average Bonchev–Trinajstić information content (AvgIpc) is 3.88. The Balaban J connectivity index is 1.01. The highest BCUT2D eigenvalue weighted by molar-refractivity contribution is 6.13. The number of aromatic nitrogens is 1. The molecule has 3 nitrogen and oxygen atoms in total. The van der Waals surface area contributed by atoms with Gasteiger partial charge in [-0.25, -0.2) is 0 Å². The number of para-hydroxylation sites is 4. The first-order valence-electron chi connectivity index (χ1n) is 20.8. The molecular formula is C58H38N2O. The van der Waals surface area contributed by atoms with Gasteiger partial charge in [0.1, 0.15) is 11.2 Å². The first kappa shape index (κ1) is 34.9. The quantitative estimate of drug-likeness (QED) is 0.161. The van der Waals surface area contributed by atoms with Gasteiger partial charge in [-0.1, -0.05) is 164 Å². The second-order valence-corrected chi connectivity index (χ2v) is 15.7. The number of furan rings is 1. The maximum atomic E-state index is 6.33. The van der Waals surface area contributed by atoms with Gasteiger partial charge in [0.05, 0.1) is 16.7 Å². The molecule has 0 spiro atoms. The molecule has 0 N–H and O–H groups in total. The largest absolute Gasteiger partial charge is 0.456 e. The van der Waals surface area contributed by atoms with Crippen molar-refractivity contribution >= 4 is 71.6 Å². The van der Waals surface area contributed by atoms with Crippen LogP contribution in [0.4, 0.5) is 17.1 Å². The number of anilines is 3. The minimum absolute atomic E-state index is 0.889. The molecule has 0 saturated heterocycles. The summed E-state index contributed by atoms with van der Waals surface area (Å²) in [4.78, 5) is 2.41. The van der Waals surface area contributed by atoms with E-state index in [0.29, 0.717) is 0 Å². The Bertz CT molecular complexity index is 3550. The number of hydrogen-bond acceptors (Lipinski definition) is 2. The molecule has 0 radical (unpaired) electrons. The van der Waals surface area contributed by atoms with Crippen LogP contribution in [-0.4, -0.2) is 4.57 Å². The van der Waals surface area contributed by atoms with Gasteiger partial charge in [-0.05, 0) is 105 Å². The Morgan fingerprint density at radius 3 is 1.77 bits per heavy atom. The highest BCUT2D eigenvalue weighted by Crippen LogP contribution is 2.45. The smallest absolute Gasteiger partial charge is 0.136 e. The monoisotopic (exact) mass is 778 g/mol. The van der Waals surface area contributed by atoms with Crippen molar-refractivity contribution in [1.29, 1.82) is 0 Å². The molecule has 0 amide bonds. The standard InChI is InChI=1S/C58H38N2O/c1-2-21-46-40(15-1)16-13-27-48(46)49-22-3-7-28-53(49)59(44-19-12-18-42(38-44)47-26-14-32-57-58(47)52-25-6-10-31-56(52)61-57)43-35-33-39(34-36-43)41-17-11-20-45(37-41)60-54-29-8-4-23-50(54)51-24-5-9-30-55(51)60/h1-38H. The molecule has 10 aromatic carbocycles. The Kier molecular flexibility index (Phi) is 8.17. The first-order chi connectivity index (χ1) is 30.3. The minimum atomic E-state index is 0.889. The normalized spacial score (nSPS) is 11.6. The second kappa shape index (κ2) is 14.3. The average molecular weight is 779 g/mol. The third kappa shape index (κ3) is 5.82. The van der Waals surface area contributed by atoms with Crippen LogP contribution in [0, 0.1) is 0 Å².